The van der Waals surface area contributed by atoms with Gasteiger partial charge in [-0.15, -0.1) is 0 Å². The molecule has 0 atom stereocenters. The predicted octanol–water partition coefficient (Wildman–Crippen LogP) is 3.62. The molecule has 3 aromatic heterocycles. The van der Waals surface area contributed by atoms with E-state index in [1.54, 1.807) is 29.7 Å². The number of ketones is 1. The van der Waals surface area contributed by atoms with E-state index in [-0.39, 0.29) is 25.2 Å². The highest BCUT2D eigenvalue weighted by atomic mass is 19.4. The molecule has 30 heavy (non-hydrogen) atoms. The number of pyridine rings is 1. The first-order valence-electron chi connectivity index (χ1n) is 9.15. The Bertz CT molecular complexity index is 1100. The van der Waals surface area contributed by atoms with Crippen molar-refractivity contribution in [2.75, 3.05) is 6.61 Å². The van der Waals surface area contributed by atoms with Crippen LogP contribution < -0.4 is 4.74 Å². The monoisotopic (exact) mass is 424 g/mol. The molecule has 8 nitrogen and oxygen atoms in total. The summed E-state index contributed by atoms with van der Waals surface area (Å²) in [6.07, 6.45) is -2.56. The topological polar surface area (TPSA) is 98.7 Å². The Hall–Kier alpha value is -3.37. The fraction of sp³-hybridized carbons (Fsp3) is 0.368. The summed E-state index contributed by atoms with van der Waals surface area (Å²) in [5.74, 6) is -1.49. The third-order valence-electron chi connectivity index (χ3n) is 4.46. The number of hydrogen-bond donors (Lipinski definition) is 1. The smallest absolute Gasteiger partial charge is 0.433 e. The number of aryl methyl sites for hydroxylation is 2. The van der Waals surface area contributed by atoms with Crippen LogP contribution in [0.3, 0.4) is 0 Å². The fourth-order valence-electron chi connectivity index (χ4n) is 3.28. The van der Waals surface area contributed by atoms with Gasteiger partial charge >= 0.3 is 12.1 Å². The number of aromatic carboxylic acids is 1. The minimum absolute atomic E-state index is 0.0421. The van der Waals surface area contributed by atoms with E-state index in [4.69, 9.17) is 9.84 Å². The molecule has 0 aliphatic rings. The van der Waals surface area contributed by atoms with Crippen LogP contribution in [0.5, 0.6) is 5.75 Å². The van der Waals surface area contributed by atoms with Gasteiger partial charge in [0.25, 0.3) is 0 Å². The van der Waals surface area contributed by atoms with Gasteiger partial charge in [-0.05, 0) is 32.4 Å². The van der Waals surface area contributed by atoms with E-state index in [2.05, 4.69) is 10.1 Å². The predicted molar refractivity (Wildman–Crippen MR) is 98.9 cm³/mol. The number of carbonyl (C=O) groups is 2. The van der Waals surface area contributed by atoms with Crippen molar-refractivity contribution in [3.8, 4) is 5.75 Å². The zero-order valence-corrected chi connectivity index (χ0v) is 16.2. The molecule has 11 heteroatoms. The SMILES string of the molecule is CCOc1cccn2c(C(=O)CCCn3ncc(C(=O)O)c3C(F)(F)F)c(C)nc12. The maximum Gasteiger partial charge on any atom is 0.433 e. The largest absolute Gasteiger partial charge is 0.490 e. The average Bonchev–Trinajstić information content (AvgIpc) is 3.23. The molecule has 0 spiro atoms. The lowest BCUT2D eigenvalue weighted by Gasteiger charge is -2.11. The minimum atomic E-state index is -4.87. The van der Waals surface area contributed by atoms with Gasteiger partial charge in [0, 0.05) is 19.2 Å². The van der Waals surface area contributed by atoms with E-state index < -0.39 is 23.4 Å². The molecule has 0 aliphatic heterocycles. The van der Waals surface area contributed by atoms with Crippen molar-refractivity contribution in [3.63, 3.8) is 0 Å². The lowest BCUT2D eigenvalue weighted by molar-refractivity contribution is -0.144. The van der Waals surface area contributed by atoms with Crippen LogP contribution in [0.1, 0.15) is 52.0 Å². The lowest BCUT2D eigenvalue weighted by atomic mass is 10.1. The number of imidazole rings is 1. The van der Waals surface area contributed by atoms with Crippen LogP contribution in [-0.4, -0.2) is 42.6 Å². The number of aromatic nitrogens is 4. The van der Waals surface area contributed by atoms with E-state index >= 15 is 0 Å². The zero-order valence-electron chi connectivity index (χ0n) is 16.2. The van der Waals surface area contributed by atoms with Gasteiger partial charge in [-0.2, -0.15) is 18.3 Å². The molecule has 160 valence electrons. The molecular formula is C19H19F3N4O4. The number of hydrogen-bond acceptors (Lipinski definition) is 5. The number of alkyl halides is 3. The molecule has 0 aromatic carbocycles. The van der Waals surface area contributed by atoms with Crippen molar-refractivity contribution in [1.29, 1.82) is 0 Å². The maximum absolute atomic E-state index is 13.2. The average molecular weight is 424 g/mol. The van der Waals surface area contributed by atoms with Crippen LogP contribution in [0.25, 0.3) is 5.65 Å². The van der Waals surface area contributed by atoms with Gasteiger partial charge in [-0.25, -0.2) is 9.78 Å². The van der Waals surface area contributed by atoms with E-state index in [1.807, 2.05) is 6.92 Å². The minimum Gasteiger partial charge on any atom is -0.490 e. The van der Waals surface area contributed by atoms with Crippen molar-refractivity contribution in [2.45, 2.75) is 39.4 Å². The molecule has 0 fully saturated rings. The third kappa shape index (κ3) is 4.00. The highest BCUT2D eigenvalue weighted by Crippen LogP contribution is 2.32. The highest BCUT2D eigenvalue weighted by Gasteiger charge is 2.40. The number of nitrogens with zero attached hydrogens (tertiary/aromatic N) is 4. The number of carboxylic acids is 1. The Labute approximate surface area is 168 Å². The summed E-state index contributed by atoms with van der Waals surface area (Å²) in [7, 11) is 0. The molecule has 0 aliphatic carbocycles. The Morgan fingerprint density at radius 2 is 2.03 bits per heavy atom. The molecule has 0 unspecified atom stereocenters. The van der Waals surface area contributed by atoms with Gasteiger partial charge in [-0.3, -0.25) is 13.9 Å². The van der Waals surface area contributed by atoms with Crippen molar-refractivity contribution in [2.24, 2.45) is 0 Å². The standard InChI is InChI=1S/C19H19F3N4O4/c1-3-30-14-7-5-8-25-15(11(2)24-17(14)25)13(27)6-4-9-26-16(19(20,21)22)12(10-23-26)18(28)29/h5,7-8,10H,3-4,6,9H2,1-2H3,(H,28,29). The van der Waals surface area contributed by atoms with Crippen LogP contribution >= 0.6 is 0 Å². The molecular weight excluding hydrogens is 405 g/mol. The van der Waals surface area contributed by atoms with Gasteiger partial charge < -0.3 is 9.84 Å². The summed E-state index contributed by atoms with van der Waals surface area (Å²) in [5, 5.41) is 12.5. The molecule has 0 saturated carbocycles. The fourth-order valence-corrected chi connectivity index (χ4v) is 3.28. The summed E-state index contributed by atoms with van der Waals surface area (Å²) in [5.41, 5.74) is -0.966. The summed E-state index contributed by atoms with van der Waals surface area (Å²) in [4.78, 5) is 28.1. The molecule has 0 radical (unpaired) electrons. The Morgan fingerprint density at radius 3 is 2.67 bits per heavy atom. The van der Waals surface area contributed by atoms with Crippen LogP contribution in [-0.2, 0) is 12.7 Å². The van der Waals surface area contributed by atoms with Gasteiger partial charge in [0.05, 0.1) is 18.5 Å². The van der Waals surface area contributed by atoms with Gasteiger partial charge in [0.1, 0.15) is 11.3 Å². The molecule has 0 amide bonds. The number of rotatable bonds is 8. The molecule has 0 saturated heterocycles. The van der Waals surface area contributed by atoms with Crippen molar-refractivity contribution >= 4 is 17.4 Å². The van der Waals surface area contributed by atoms with E-state index in [0.717, 1.165) is 0 Å². The summed E-state index contributed by atoms with van der Waals surface area (Å²) in [6.45, 7) is 3.67. The Balaban J connectivity index is 1.79. The first kappa shape index (κ1) is 21.3. The van der Waals surface area contributed by atoms with Crippen molar-refractivity contribution in [3.05, 3.63) is 47.2 Å². The van der Waals surface area contributed by atoms with Crippen LogP contribution in [0.15, 0.2) is 24.5 Å². The molecule has 3 heterocycles. The van der Waals surface area contributed by atoms with Gasteiger partial charge in [0.15, 0.2) is 22.9 Å². The summed E-state index contributed by atoms with van der Waals surface area (Å²) in [6, 6.07) is 3.44. The third-order valence-corrected chi connectivity index (χ3v) is 4.46. The zero-order chi connectivity index (χ0) is 22.1. The highest BCUT2D eigenvalue weighted by molar-refractivity contribution is 5.96. The number of carbonyl (C=O) groups excluding carboxylic acids is 1. The van der Waals surface area contributed by atoms with E-state index in [1.165, 1.54) is 0 Å². The maximum atomic E-state index is 13.2. The molecule has 3 rings (SSSR count). The Morgan fingerprint density at radius 1 is 1.30 bits per heavy atom. The second-order valence-corrected chi connectivity index (χ2v) is 6.50. The van der Waals surface area contributed by atoms with Crippen LogP contribution in [0, 0.1) is 6.92 Å². The molecule has 1 N–H and O–H groups in total. The number of halogens is 3. The van der Waals surface area contributed by atoms with E-state index in [9.17, 15) is 22.8 Å². The Kier molecular flexibility index (Phi) is 5.81. The second-order valence-electron chi connectivity index (χ2n) is 6.50. The van der Waals surface area contributed by atoms with Crippen LogP contribution in [0.2, 0.25) is 0 Å². The van der Waals surface area contributed by atoms with E-state index in [0.29, 0.717) is 40.3 Å². The van der Waals surface area contributed by atoms with Crippen LogP contribution in [0.4, 0.5) is 13.2 Å². The first-order chi connectivity index (χ1) is 14.1. The summed E-state index contributed by atoms with van der Waals surface area (Å²) < 4.78 is 47.4. The van der Waals surface area contributed by atoms with Gasteiger partial charge in [-0.1, -0.05) is 0 Å². The first-order valence-corrected chi connectivity index (χ1v) is 9.15. The normalized spacial score (nSPS) is 11.8. The number of ether oxygens (including phenoxy) is 1. The second kappa shape index (κ2) is 8.17. The number of fused-ring (bicyclic) bond motifs is 1. The van der Waals surface area contributed by atoms with Gasteiger partial charge in [0.2, 0.25) is 0 Å². The number of carboxylic acid groups (broad SMARTS) is 1. The van der Waals surface area contributed by atoms with Crippen molar-refractivity contribution < 1.29 is 32.6 Å². The summed E-state index contributed by atoms with van der Waals surface area (Å²) >= 11 is 0. The molecule has 3 aromatic rings. The lowest BCUT2D eigenvalue weighted by Crippen LogP contribution is -2.19. The quantitative estimate of drug-likeness (QED) is 0.555. The van der Waals surface area contributed by atoms with Crippen molar-refractivity contribution in [1.82, 2.24) is 19.2 Å². The number of Topliss-reactive ketones (excluding diaryl/α,β-unsaturated/α-hetero) is 1. The molecule has 0 bridgehead atoms.